The lowest BCUT2D eigenvalue weighted by molar-refractivity contribution is -0.124. The molecule has 1 heterocycles. The van der Waals surface area contributed by atoms with Crippen molar-refractivity contribution >= 4 is 29.1 Å². The van der Waals surface area contributed by atoms with Gasteiger partial charge in [0, 0.05) is 11.3 Å². The van der Waals surface area contributed by atoms with E-state index in [4.69, 9.17) is 0 Å². The van der Waals surface area contributed by atoms with Crippen molar-refractivity contribution in [1.82, 2.24) is 0 Å². The second kappa shape index (κ2) is 6.14. The maximum Gasteiger partial charge on any atom is 0.255 e. The first-order valence-corrected chi connectivity index (χ1v) is 10.6. The van der Waals surface area contributed by atoms with Gasteiger partial charge in [-0.3, -0.25) is 19.3 Å². The summed E-state index contributed by atoms with van der Waals surface area (Å²) in [5.41, 5.74) is 2.84. The Balaban J connectivity index is 1.23. The third kappa shape index (κ3) is 2.44. The van der Waals surface area contributed by atoms with E-state index < -0.39 is 0 Å². The normalized spacial score (nSPS) is 32.8. The molecule has 1 saturated heterocycles. The second-order valence-electron chi connectivity index (χ2n) is 9.04. The minimum Gasteiger partial charge on any atom is -0.322 e. The number of allylic oxidation sites excluding steroid dienone is 2. The van der Waals surface area contributed by atoms with Crippen LogP contribution in [0.5, 0.6) is 0 Å². The number of benzene rings is 2. The first kappa shape index (κ1) is 17.6. The van der Waals surface area contributed by atoms with E-state index in [9.17, 15) is 14.4 Å². The highest BCUT2D eigenvalue weighted by Crippen LogP contribution is 2.65. The molecule has 30 heavy (non-hydrogen) atoms. The first-order valence-electron chi connectivity index (χ1n) is 10.6. The number of aryl methyl sites for hydroxylation is 1. The number of rotatable bonds is 3. The maximum atomic E-state index is 13.2. The number of hydrogen-bond acceptors (Lipinski definition) is 3. The Bertz CT molecular complexity index is 1080. The summed E-state index contributed by atoms with van der Waals surface area (Å²) in [4.78, 5) is 40.3. The van der Waals surface area contributed by atoms with Crippen LogP contribution in [-0.2, 0) is 9.59 Å². The zero-order valence-corrected chi connectivity index (χ0v) is 16.6. The highest BCUT2D eigenvalue weighted by atomic mass is 16.2. The summed E-state index contributed by atoms with van der Waals surface area (Å²) in [5, 5.41) is 2.88. The van der Waals surface area contributed by atoms with E-state index >= 15 is 0 Å². The third-order valence-electron chi connectivity index (χ3n) is 7.33. The maximum absolute atomic E-state index is 13.2. The number of carbonyl (C=O) groups excluding carboxylic acids is 3. The number of nitrogens with one attached hydrogen (secondary N) is 1. The van der Waals surface area contributed by atoms with Crippen molar-refractivity contribution < 1.29 is 14.4 Å². The van der Waals surface area contributed by atoms with Crippen LogP contribution < -0.4 is 10.2 Å². The van der Waals surface area contributed by atoms with Crippen molar-refractivity contribution in [2.45, 2.75) is 13.3 Å². The molecule has 3 amide bonds. The number of hydrogen-bond donors (Lipinski definition) is 1. The first-order chi connectivity index (χ1) is 14.5. The fraction of sp³-hybridized carbons (Fsp3) is 0.320. The molecule has 1 N–H and O–H groups in total. The Morgan fingerprint density at radius 2 is 1.57 bits per heavy atom. The molecule has 1 aliphatic heterocycles. The van der Waals surface area contributed by atoms with Gasteiger partial charge >= 0.3 is 0 Å². The topological polar surface area (TPSA) is 66.5 Å². The lowest BCUT2D eigenvalue weighted by atomic mass is 9.63. The molecule has 3 fully saturated rings. The highest BCUT2D eigenvalue weighted by Gasteiger charge is 2.67. The van der Waals surface area contributed by atoms with Gasteiger partial charge in [-0.15, -0.1) is 0 Å². The van der Waals surface area contributed by atoms with Crippen LogP contribution in [0.2, 0.25) is 0 Å². The minimum absolute atomic E-state index is 0.0772. The van der Waals surface area contributed by atoms with E-state index in [2.05, 4.69) is 17.5 Å². The van der Waals surface area contributed by atoms with Gasteiger partial charge in [-0.05, 0) is 79.0 Å². The van der Waals surface area contributed by atoms with Gasteiger partial charge in [0.05, 0.1) is 17.5 Å². The molecule has 4 aliphatic carbocycles. The van der Waals surface area contributed by atoms with Gasteiger partial charge in [-0.2, -0.15) is 0 Å². The molecule has 5 heteroatoms. The smallest absolute Gasteiger partial charge is 0.255 e. The zero-order chi connectivity index (χ0) is 20.6. The Morgan fingerprint density at radius 3 is 2.17 bits per heavy atom. The highest BCUT2D eigenvalue weighted by molar-refractivity contribution is 6.22. The van der Waals surface area contributed by atoms with Crippen molar-refractivity contribution in [1.29, 1.82) is 0 Å². The van der Waals surface area contributed by atoms with Crippen molar-refractivity contribution in [2.24, 2.45) is 35.5 Å². The summed E-state index contributed by atoms with van der Waals surface area (Å²) in [6, 6.07) is 14.4. The lowest BCUT2D eigenvalue weighted by Crippen LogP contribution is -2.40. The second-order valence-corrected chi connectivity index (χ2v) is 9.04. The van der Waals surface area contributed by atoms with Crippen LogP contribution in [0.25, 0.3) is 0 Å². The van der Waals surface area contributed by atoms with Crippen LogP contribution >= 0.6 is 0 Å². The molecule has 150 valence electrons. The Morgan fingerprint density at radius 1 is 0.933 bits per heavy atom. The quantitative estimate of drug-likeness (QED) is 0.632. The molecule has 0 spiro atoms. The number of carbonyl (C=O) groups is 3. The molecule has 2 saturated carbocycles. The predicted molar refractivity (Wildman–Crippen MR) is 113 cm³/mol. The molecule has 5 nitrogen and oxygen atoms in total. The fourth-order valence-electron chi connectivity index (χ4n) is 5.90. The van der Waals surface area contributed by atoms with Gasteiger partial charge < -0.3 is 5.32 Å². The molecule has 7 rings (SSSR count). The summed E-state index contributed by atoms with van der Waals surface area (Å²) >= 11 is 0. The molecule has 6 atom stereocenters. The summed E-state index contributed by atoms with van der Waals surface area (Å²) in [6.45, 7) is 1.97. The monoisotopic (exact) mass is 398 g/mol. The lowest BCUT2D eigenvalue weighted by Gasteiger charge is -2.37. The Hall–Kier alpha value is -3.21. The van der Waals surface area contributed by atoms with E-state index in [1.54, 1.807) is 24.3 Å². The van der Waals surface area contributed by atoms with Gasteiger partial charge in [0.1, 0.15) is 0 Å². The summed E-state index contributed by atoms with van der Waals surface area (Å²) in [7, 11) is 0. The molecule has 0 aromatic heterocycles. The molecule has 5 aliphatic rings. The average Bonchev–Trinajstić information content (AvgIpc) is 3.52. The molecular weight excluding hydrogens is 376 g/mol. The van der Waals surface area contributed by atoms with Gasteiger partial charge in [-0.1, -0.05) is 24.3 Å². The summed E-state index contributed by atoms with van der Waals surface area (Å²) in [5.74, 6) is 0.814. The average molecular weight is 398 g/mol. The van der Waals surface area contributed by atoms with E-state index in [0.717, 1.165) is 17.7 Å². The van der Waals surface area contributed by atoms with E-state index in [-0.39, 0.29) is 41.4 Å². The van der Waals surface area contributed by atoms with E-state index in [0.29, 0.717) is 23.1 Å². The van der Waals surface area contributed by atoms with Crippen LogP contribution in [0.3, 0.4) is 0 Å². The number of imide groups is 1. The van der Waals surface area contributed by atoms with Gasteiger partial charge in [-0.25, -0.2) is 0 Å². The Kier molecular flexibility index (Phi) is 3.61. The van der Waals surface area contributed by atoms with Crippen LogP contribution in [-0.4, -0.2) is 17.7 Å². The molecule has 0 radical (unpaired) electrons. The van der Waals surface area contributed by atoms with Gasteiger partial charge in [0.2, 0.25) is 11.8 Å². The van der Waals surface area contributed by atoms with Crippen molar-refractivity contribution in [3.8, 4) is 0 Å². The van der Waals surface area contributed by atoms with Crippen molar-refractivity contribution in [3.05, 3.63) is 71.8 Å². The van der Waals surface area contributed by atoms with Crippen LogP contribution in [0.15, 0.2) is 60.7 Å². The van der Waals surface area contributed by atoms with Crippen LogP contribution in [0.1, 0.15) is 22.3 Å². The third-order valence-corrected chi connectivity index (χ3v) is 7.33. The van der Waals surface area contributed by atoms with E-state index in [1.807, 2.05) is 31.2 Å². The SMILES string of the molecule is Cc1cccc(NC(=O)c2ccc(N3C(=O)[C@H]4[C@@H]5C=C[C@@H]([C@H]6C[C@H]56)[C@@H]4C3=O)cc2)c1. The van der Waals surface area contributed by atoms with Crippen molar-refractivity contribution in [2.75, 3.05) is 10.2 Å². The van der Waals surface area contributed by atoms with E-state index in [1.165, 1.54) is 4.90 Å². The molecule has 2 bridgehead atoms. The standard InChI is InChI=1S/C25H22N2O3/c1-13-3-2-4-15(11-13)26-23(28)14-5-7-16(8-6-14)27-24(29)21-17-9-10-18(20-12-19(17)20)22(21)25(27)30/h2-11,17-22H,12H2,1H3,(H,26,28)/t17-,18+,19-,20-,21+,22+/m1/s1. The van der Waals surface area contributed by atoms with Crippen molar-refractivity contribution in [3.63, 3.8) is 0 Å². The minimum atomic E-state index is -0.220. The zero-order valence-electron chi connectivity index (χ0n) is 16.6. The van der Waals surface area contributed by atoms with Crippen LogP contribution in [0, 0.1) is 42.4 Å². The largest absolute Gasteiger partial charge is 0.322 e. The number of anilines is 2. The van der Waals surface area contributed by atoms with Crippen LogP contribution in [0.4, 0.5) is 11.4 Å². The Labute approximate surface area is 174 Å². The summed E-state index contributed by atoms with van der Waals surface area (Å²) in [6.07, 6.45) is 5.50. The molecule has 2 aromatic rings. The van der Waals surface area contributed by atoms with Gasteiger partial charge in [0.15, 0.2) is 0 Å². The van der Waals surface area contributed by atoms with Gasteiger partial charge in [0.25, 0.3) is 5.91 Å². The fourth-order valence-corrected chi connectivity index (χ4v) is 5.90. The predicted octanol–water partition coefficient (Wildman–Crippen LogP) is 3.80. The molecule has 0 unspecified atom stereocenters. The number of nitrogens with zero attached hydrogens (tertiary/aromatic N) is 1. The number of amides is 3. The molecule has 2 aromatic carbocycles. The summed E-state index contributed by atoms with van der Waals surface area (Å²) < 4.78 is 0. The molecular formula is C25H22N2O3.